The van der Waals surface area contributed by atoms with Crippen molar-refractivity contribution in [2.45, 2.75) is 26.3 Å². The molecule has 4 nitrogen and oxygen atoms in total. The lowest BCUT2D eigenvalue weighted by molar-refractivity contribution is 0.412. The van der Waals surface area contributed by atoms with Crippen LogP contribution >= 0.6 is 0 Å². The zero-order valence-electron chi connectivity index (χ0n) is 12.0. The van der Waals surface area contributed by atoms with Crippen molar-refractivity contribution >= 4 is 16.7 Å². The molecule has 0 atom stereocenters. The van der Waals surface area contributed by atoms with Crippen LogP contribution in [0.15, 0.2) is 42.6 Å². The number of anilines is 1. The van der Waals surface area contributed by atoms with Crippen molar-refractivity contribution in [3.8, 4) is 11.5 Å². The summed E-state index contributed by atoms with van der Waals surface area (Å²) < 4.78 is 2.20. The van der Waals surface area contributed by atoms with Crippen LogP contribution in [0, 0.1) is 0 Å². The summed E-state index contributed by atoms with van der Waals surface area (Å²) in [5.74, 6) is 0.816. The molecule has 0 radical (unpaired) electrons. The van der Waals surface area contributed by atoms with Gasteiger partial charge in [-0.3, -0.25) is 4.98 Å². The molecule has 0 saturated carbocycles. The summed E-state index contributed by atoms with van der Waals surface area (Å²) >= 11 is 0. The maximum absolute atomic E-state index is 6.07. The number of nitrogen functional groups attached to an aromatic ring is 1. The fourth-order valence-corrected chi connectivity index (χ4v) is 2.47. The van der Waals surface area contributed by atoms with Crippen LogP contribution in [0.4, 0.5) is 5.69 Å². The SMILES string of the molecule is CC(C)(C)n1c(-c2ncccc2N)nc2ccccc21. The predicted octanol–water partition coefficient (Wildman–Crippen LogP) is 3.44. The first-order chi connectivity index (χ1) is 9.48. The minimum absolute atomic E-state index is 0.102. The quantitative estimate of drug-likeness (QED) is 0.734. The first-order valence-corrected chi connectivity index (χ1v) is 6.67. The van der Waals surface area contributed by atoms with E-state index in [-0.39, 0.29) is 5.54 Å². The summed E-state index contributed by atoms with van der Waals surface area (Å²) in [4.78, 5) is 9.14. The van der Waals surface area contributed by atoms with Crippen molar-refractivity contribution in [1.82, 2.24) is 14.5 Å². The molecule has 0 saturated heterocycles. The summed E-state index contributed by atoms with van der Waals surface area (Å²) in [5.41, 5.74) is 9.41. The Morgan fingerprint density at radius 2 is 1.80 bits per heavy atom. The van der Waals surface area contributed by atoms with Crippen LogP contribution in [0.3, 0.4) is 0 Å². The van der Waals surface area contributed by atoms with Gasteiger partial charge >= 0.3 is 0 Å². The van der Waals surface area contributed by atoms with Gasteiger partial charge in [0.2, 0.25) is 0 Å². The number of hydrogen-bond donors (Lipinski definition) is 1. The molecule has 20 heavy (non-hydrogen) atoms. The van der Waals surface area contributed by atoms with Crippen LogP contribution in [0.2, 0.25) is 0 Å². The number of imidazole rings is 1. The summed E-state index contributed by atoms with van der Waals surface area (Å²) in [6, 6.07) is 11.8. The van der Waals surface area contributed by atoms with Gasteiger partial charge in [0.05, 0.1) is 16.7 Å². The monoisotopic (exact) mass is 266 g/mol. The standard InChI is InChI=1S/C16H18N4/c1-16(2,3)20-13-9-5-4-8-12(13)19-15(20)14-11(17)7-6-10-18-14/h4-10H,17H2,1-3H3. The normalized spacial score (nSPS) is 11.9. The number of nitrogens with zero attached hydrogens (tertiary/aromatic N) is 3. The van der Waals surface area contributed by atoms with E-state index < -0.39 is 0 Å². The molecule has 2 heterocycles. The molecule has 0 amide bonds. The molecule has 3 rings (SSSR count). The van der Waals surface area contributed by atoms with Gasteiger partial charge in [0.15, 0.2) is 5.82 Å². The van der Waals surface area contributed by atoms with E-state index in [1.165, 1.54) is 0 Å². The van der Waals surface area contributed by atoms with Crippen LogP contribution in [-0.2, 0) is 5.54 Å². The van der Waals surface area contributed by atoms with E-state index in [1.54, 1.807) is 6.20 Å². The number of aromatic nitrogens is 3. The molecule has 3 aromatic rings. The highest BCUT2D eigenvalue weighted by Crippen LogP contribution is 2.32. The van der Waals surface area contributed by atoms with Crippen LogP contribution in [0.25, 0.3) is 22.6 Å². The van der Waals surface area contributed by atoms with Crippen molar-refractivity contribution < 1.29 is 0 Å². The van der Waals surface area contributed by atoms with Gasteiger partial charge in [-0.1, -0.05) is 12.1 Å². The first-order valence-electron chi connectivity index (χ1n) is 6.67. The minimum atomic E-state index is -0.102. The second kappa shape index (κ2) is 4.34. The lowest BCUT2D eigenvalue weighted by atomic mass is 10.1. The predicted molar refractivity (Wildman–Crippen MR) is 82.4 cm³/mol. The Kier molecular flexibility index (Phi) is 2.74. The number of para-hydroxylation sites is 2. The molecule has 0 fully saturated rings. The summed E-state index contributed by atoms with van der Waals surface area (Å²) in [5, 5.41) is 0. The average molecular weight is 266 g/mol. The molecule has 0 bridgehead atoms. The Morgan fingerprint density at radius 3 is 2.50 bits per heavy atom. The average Bonchev–Trinajstić information content (AvgIpc) is 2.78. The van der Waals surface area contributed by atoms with E-state index in [4.69, 9.17) is 10.7 Å². The molecule has 0 aliphatic carbocycles. The second-order valence-electron chi connectivity index (χ2n) is 5.87. The first kappa shape index (κ1) is 12.7. The Labute approximate surface area is 118 Å². The Hall–Kier alpha value is -2.36. The molecule has 1 aromatic carbocycles. The van der Waals surface area contributed by atoms with Crippen LogP contribution in [-0.4, -0.2) is 14.5 Å². The van der Waals surface area contributed by atoms with E-state index in [1.807, 2.05) is 30.3 Å². The Balaban J connectivity index is 2.39. The largest absolute Gasteiger partial charge is 0.397 e. The van der Waals surface area contributed by atoms with Crippen molar-refractivity contribution in [2.24, 2.45) is 0 Å². The molecule has 0 spiro atoms. The third kappa shape index (κ3) is 1.93. The van der Waals surface area contributed by atoms with Crippen LogP contribution in [0.5, 0.6) is 0 Å². The van der Waals surface area contributed by atoms with E-state index >= 15 is 0 Å². The minimum Gasteiger partial charge on any atom is -0.397 e. The zero-order valence-corrected chi connectivity index (χ0v) is 12.0. The lowest BCUT2D eigenvalue weighted by Crippen LogP contribution is -2.23. The maximum Gasteiger partial charge on any atom is 0.162 e. The molecule has 4 heteroatoms. The Bertz CT molecular complexity index is 765. The topological polar surface area (TPSA) is 56.7 Å². The van der Waals surface area contributed by atoms with E-state index in [0.29, 0.717) is 5.69 Å². The van der Waals surface area contributed by atoms with E-state index in [0.717, 1.165) is 22.6 Å². The maximum atomic E-state index is 6.07. The van der Waals surface area contributed by atoms with Crippen LogP contribution in [0.1, 0.15) is 20.8 Å². The molecule has 0 aliphatic rings. The zero-order chi connectivity index (χ0) is 14.3. The molecular formula is C16H18N4. The number of rotatable bonds is 1. The van der Waals surface area contributed by atoms with Crippen molar-refractivity contribution in [2.75, 3.05) is 5.73 Å². The lowest BCUT2D eigenvalue weighted by Gasteiger charge is -2.24. The number of hydrogen-bond acceptors (Lipinski definition) is 3. The Morgan fingerprint density at radius 1 is 1.05 bits per heavy atom. The highest BCUT2D eigenvalue weighted by Gasteiger charge is 2.23. The highest BCUT2D eigenvalue weighted by atomic mass is 15.1. The van der Waals surface area contributed by atoms with Gasteiger partial charge in [-0.25, -0.2) is 4.98 Å². The van der Waals surface area contributed by atoms with Gasteiger partial charge in [-0.05, 0) is 45.0 Å². The van der Waals surface area contributed by atoms with Crippen molar-refractivity contribution in [1.29, 1.82) is 0 Å². The molecule has 0 aliphatic heterocycles. The van der Waals surface area contributed by atoms with E-state index in [2.05, 4.69) is 36.4 Å². The number of benzene rings is 1. The van der Waals surface area contributed by atoms with Crippen molar-refractivity contribution in [3.05, 3.63) is 42.6 Å². The molecule has 2 N–H and O–H groups in total. The summed E-state index contributed by atoms with van der Waals surface area (Å²) in [6.07, 6.45) is 1.75. The smallest absolute Gasteiger partial charge is 0.162 e. The van der Waals surface area contributed by atoms with Gasteiger partial charge < -0.3 is 10.3 Å². The van der Waals surface area contributed by atoms with Gasteiger partial charge in [0.25, 0.3) is 0 Å². The third-order valence-electron chi connectivity index (χ3n) is 3.28. The molecular weight excluding hydrogens is 248 g/mol. The van der Waals surface area contributed by atoms with E-state index in [9.17, 15) is 0 Å². The number of nitrogens with two attached hydrogens (primary N) is 1. The van der Waals surface area contributed by atoms with Crippen molar-refractivity contribution in [3.63, 3.8) is 0 Å². The third-order valence-corrected chi connectivity index (χ3v) is 3.28. The number of fused-ring (bicyclic) bond motifs is 1. The van der Waals surface area contributed by atoms with Crippen LogP contribution < -0.4 is 5.73 Å². The number of pyridine rings is 1. The molecule has 102 valence electrons. The summed E-state index contributed by atoms with van der Waals surface area (Å²) in [6.45, 7) is 6.47. The van der Waals surface area contributed by atoms with Gasteiger partial charge in [-0.15, -0.1) is 0 Å². The molecule has 0 unspecified atom stereocenters. The van der Waals surface area contributed by atoms with Gasteiger partial charge in [-0.2, -0.15) is 0 Å². The fraction of sp³-hybridized carbons (Fsp3) is 0.250. The van der Waals surface area contributed by atoms with Gasteiger partial charge in [0.1, 0.15) is 5.69 Å². The highest BCUT2D eigenvalue weighted by molar-refractivity contribution is 5.82. The molecule has 2 aromatic heterocycles. The summed E-state index contributed by atoms with van der Waals surface area (Å²) in [7, 11) is 0. The van der Waals surface area contributed by atoms with Gasteiger partial charge in [0, 0.05) is 11.7 Å². The fourth-order valence-electron chi connectivity index (χ4n) is 2.47. The second-order valence-corrected chi connectivity index (χ2v) is 5.87.